The van der Waals surface area contributed by atoms with Gasteiger partial charge in [0.25, 0.3) is 0 Å². The van der Waals surface area contributed by atoms with E-state index in [0.717, 1.165) is 43.7 Å². The van der Waals surface area contributed by atoms with Crippen molar-refractivity contribution in [2.45, 2.75) is 61.6 Å². The van der Waals surface area contributed by atoms with Gasteiger partial charge in [-0.2, -0.15) is 0 Å². The number of hydrogen-bond acceptors (Lipinski definition) is 8. The summed E-state index contributed by atoms with van der Waals surface area (Å²) in [5.41, 5.74) is 2.77. The third kappa shape index (κ3) is 3.24. The SMILES string of the molecule is COc1ccc2c3c1O[C@H]1CC[C@@H](O)[C@H]4[C@@H](C2)N(C)CC[C@@]341.O=C(O)C(O)C(O)C(=O)O. The number of likely N-dealkylation sites (N-methyl/N-ethyl adjacent to an activating group) is 1. The van der Waals surface area contributed by atoms with Gasteiger partial charge >= 0.3 is 11.9 Å². The zero-order valence-corrected chi connectivity index (χ0v) is 18.0. The molecule has 176 valence electrons. The summed E-state index contributed by atoms with van der Waals surface area (Å²) in [5, 5.41) is 43.3. The van der Waals surface area contributed by atoms with E-state index in [1.54, 1.807) is 7.11 Å². The standard InChI is InChI=1S/C18H23NO3.C4H6O6/c1-19-8-7-18-14-6-4-12(20)16(18)11(19)9-10-3-5-13(21-2)17(22-14)15(10)18;5-1(3(7)8)2(6)4(9)10/h3,5,11-12,14,16,20H,4,6-9H2,1-2H3;1-2,5-6H,(H,7,8)(H,9,10)/t11-,12-,14+,16-,18-;/m1./s1. The van der Waals surface area contributed by atoms with E-state index in [-0.39, 0.29) is 17.6 Å². The highest BCUT2D eigenvalue weighted by molar-refractivity contribution is 5.83. The van der Waals surface area contributed by atoms with Crippen molar-refractivity contribution in [3.63, 3.8) is 0 Å². The largest absolute Gasteiger partial charge is 0.493 e. The molecule has 5 N–H and O–H groups in total. The van der Waals surface area contributed by atoms with E-state index < -0.39 is 24.1 Å². The molecule has 1 aromatic carbocycles. The van der Waals surface area contributed by atoms with Crippen LogP contribution in [0, 0.1) is 5.92 Å². The lowest BCUT2D eigenvalue weighted by Crippen LogP contribution is -2.67. The molecule has 0 aromatic heterocycles. The number of carboxylic acid groups (broad SMARTS) is 2. The maximum atomic E-state index is 10.8. The van der Waals surface area contributed by atoms with Gasteiger partial charge in [-0.05, 0) is 50.9 Å². The number of carbonyl (C=O) groups is 2. The molecule has 1 saturated heterocycles. The summed E-state index contributed by atoms with van der Waals surface area (Å²) in [5.74, 6) is -1.42. The first-order valence-electron chi connectivity index (χ1n) is 10.7. The summed E-state index contributed by atoms with van der Waals surface area (Å²) < 4.78 is 12.0. The predicted octanol–water partition coefficient (Wildman–Crippen LogP) is -0.397. The van der Waals surface area contributed by atoms with Crippen LogP contribution in [0.2, 0.25) is 0 Å². The number of ether oxygens (including phenoxy) is 2. The molecule has 2 unspecified atom stereocenters. The molecule has 2 aliphatic carbocycles. The highest BCUT2D eigenvalue weighted by atomic mass is 16.5. The molecule has 1 saturated carbocycles. The maximum absolute atomic E-state index is 10.8. The minimum Gasteiger partial charge on any atom is -0.493 e. The lowest BCUT2D eigenvalue weighted by atomic mass is 9.51. The van der Waals surface area contributed by atoms with Gasteiger partial charge in [-0.3, -0.25) is 0 Å². The van der Waals surface area contributed by atoms with Gasteiger partial charge < -0.3 is 39.9 Å². The number of aliphatic carboxylic acids is 2. The summed E-state index contributed by atoms with van der Waals surface area (Å²) in [6.07, 6.45) is -0.629. The molecule has 2 fully saturated rings. The normalized spacial score (nSPS) is 33.7. The minimum atomic E-state index is -2.27. The van der Waals surface area contributed by atoms with Gasteiger partial charge in [0, 0.05) is 22.9 Å². The van der Waals surface area contributed by atoms with Crippen LogP contribution < -0.4 is 9.47 Å². The number of hydrogen-bond donors (Lipinski definition) is 5. The summed E-state index contributed by atoms with van der Waals surface area (Å²) in [7, 11) is 3.92. The fourth-order valence-corrected chi connectivity index (χ4v) is 6.15. The van der Waals surface area contributed by atoms with Gasteiger partial charge in [0.2, 0.25) is 0 Å². The number of carboxylic acids is 2. The highest BCUT2D eigenvalue weighted by Gasteiger charge is 2.65. The van der Waals surface area contributed by atoms with Crippen LogP contribution in [0.4, 0.5) is 0 Å². The average Bonchev–Trinajstić information content (AvgIpc) is 3.10. The van der Waals surface area contributed by atoms with Crippen molar-refractivity contribution in [3.8, 4) is 11.5 Å². The Balaban J connectivity index is 0.000000211. The van der Waals surface area contributed by atoms with Crippen LogP contribution >= 0.6 is 0 Å². The molecule has 2 heterocycles. The van der Waals surface area contributed by atoms with Crippen molar-refractivity contribution in [3.05, 3.63) is 23.3 Å². The molecule has 7 atom stereocenters. The zero-order valence-electron chi connectivity index (χ0n) is 18.0. The second-order valence-electron chi connectivity index (χ2n) is 9.02. The topological polar surface area (TPSA) is 157 Å². The molecule has 2 aliphatic heterocycles. The molecule has 32 heavy (non-hydrogen) atoms. The lowest BCUT2D eigenvalue weighted by Gasteiger charge is -2.59. The van der Waals surface area contributed by atoms with E-state index in [1.165, 1.54) is 11.1 Å². The third-order valence-electron chi connectivity index (χ3n) is 7.55. The predicted molar refractivity (Wildman–Crippen MR) is 110 cm³/mol. The first-order valence-corrected chi connectivity index (χ1v) is 10.7. The van der Waals surface area contributed by atoms with Crippen LogP contribution in [0.15, 0.2) is 12.1 Å². The molecule has 1 spiro atoms. The van der Waals surface area contributed by atoms with E-state index in [9.17, 15) is 14.7 Å². The Labute approximate surface area is 185 Å². The minimum absolute atomic E-state index is 0.00625. The van der Waals surface area contributed by atoms with Crippen molar-refractivity contribution >= 4 is 11.9 Å². The van der Waals surface area contributed by atoms with Crippen molar-refractivity contribution in [2.24, 2.45) is 5.92 Å². The van der Waals surface area contributed by atoms with Crippen LogP contribution in [-0.2, 0) is 21.4 Å². The van der Waals surface area contributed by atoms with Gasteiger partial charge in [-0.25, -0.2) is 9.59 Å². The van der Waals surface area contributed by atoms with Crippen molar-refractivity contribution in [1.29, 1.82) is 0 Å². The summed E-state index contributed by atoms with van der Waals surface area (Å²) in [4.78, 5) is 22.0. The van der Waals surface area contributed by atoms with Gasteiger partial charge in [-0.1, -0.05) is 6.07 Å². The highest BCUT2D eigenvalue weighted by Crippen LogP contribution is 2.63. The van der Waals surface area contributed by atoms with Gasteiger partial charge in [0.15, 0.2) is 23.7 Å². The molecule has 0 amide bonds. The second-order valence-corrected chi connectivity index (χ2v) is 9.02. The Bertz CT molecular complexity index is 903. The van der Waals surface area contributed by atoms with E-state index in [2.05, 4.69) is 24.1 Å². The smallest absolute Gasteiger partial charge is 0.335 e. The van der Waals surface area contributed by atoms with E-state index in [0.29, 0.717) is 12.0 Å². The summed E-state index contributed by atoms with van der Waals surface area (Å²) >= 11 is 0. The fraction of sp³-hybridized carbons (Fsp3) is 0.636. The monoisotopic (exact) mass is 451 g/mol. The summed E-state index contributed by atoms with van der Waals surface area (Å²) in [6.45, 7) is 1.09. The number of nitrogens with zero attached hydrogens (tertiary/aromatic N) is 1. The van der Waals surface area contributed by atoms with Crippen molar-refractivity contribution in [1.82, 2.24) is 4.90 Å². The van der Waals surface area contributed by atoms with E-state index >= 15 is 0 Å². The first-order chi connectivity index (χ1) is 15.1. The van der Waals surface area contributed by atoms with E-state index in [4.69, 9.17) is 29.9 Å². The first kappa shape index (κ1) is 22.8. The van der Waals surface area contributed by atoms with Crippen LogP contribution in [-0.4, -0.2) is 93.5 Å². The third-order valence-corrected chi connectivity index (χ3v) is 7.55. The molecular weight excluding hydrogens is 422 g/mol. The molecule has 0 radical (unpaired) electrons. The number of likely N-dealkylation sites (tertiary alicyclic amines) is 1. The lowest BCUT2D eigenvalue weighted by molar-refractivity contribution is -0.165. The Hall–Kier alpha value is -2.40. The average molecular weight is 451 g/mol. The molecule has 4 aliphatic rings. The molecule has 1 aromatic rings. The molecule has 10 nitrogen and oxygen atoms in total. The van der Waals surface area contributed by atoms with Crippen LogP contribution in [0.5, 0.6) is 11.5 Å². The number of methoxy groups -OCH3 is 1. The Morgan fingerprint density at radius 2 is 1.84 bits per heavy atom. The molecule has 2 bridgehead atoms. The summed E-state index contributed by atoms with van der Waals surface area (Å²) in [6, 6.07) is 4.70. The van der Waals surface area contributed by atoms with E-state index in [1.807, 2.05) is 0 Å². The molecule has 10 heteroatoms. The number of aliphatic hydroxyl groups is 3. The number of aliphatic hydroxyl groups excluding tert-OH is 3. The van der Waals surface area contributed by atoms with Crippen molar-refractivity contribution in [2.75, 3.05) is 20.7 Å². The number of rotatable bonds is 4. The zero-order chi connectivity index (χ0) is 23.4. The van der Waals surface area contributed by atoms with Crippen LogP contribution in [0.3, 0.4) is 0 Å². The van der Waals surface area contributed by atoms with Gasteiger partial charge in [0.1, 0.15) is 6.10 Å². The number of benzene rings is 1. The maximum Gasteiger partial charge on any atom is 0.335 e. The van der Waals surface area contributed by atoms with Gasteiger partial charge in [0.05, 0.1) is 13.2 Å². The van der Waals surface area contributed by atoms with Gasteiger partial charge in [-0.15, -0.1) is 0 Å². The van der Waals surface area contributed by atoms with Crippen LogP contribution in [0.25, 0.3) is 0 Å². The fourth-order valence-electron chi connectivity index (χ4n) is 6.15. The Kier molecular flexibility index (Phi) is 5.83. The molecular formula is C22H29NO9. The number of piperidine rings is 1. The second kappa shape index (κ2) is 8.18. The Morgan fingerprint density at radius 3 is 2.44 bits per heavy atom. The molecule has 5 rings (SSSR count). The quantitative estimate of drug-likeness (QED) is 0.408. The van der Waals surface area contributed by atoms with Crippen LogP contribution in [0.1, 0.15) is 30.4 Å². The van der Waals surface area contributed by atoms with Crippen molar-refractivity contribution < 1.29 is 44.6 Å². The Morgan fingerprint density at radius 1 is 1.19 bits per heavy atom.